The Morgan fingerprint density at radius 3 is 2.95 bits per heavy atom. The molecule has 2 N–H and O–H groups in total. The van der Waals surface area contributed by atoms with Crippen LogP contribution in [0.15, 0.2) is 4.52 Å². The second-order valence-corrected chi connectivity index (χ2v) is 4.25. The van der Waals surface area contributed by atoms with E-state index in [0.717, 1.165) is 13.1 Å². The molecule has 1 atom stereocenters. The molecule has 2 heterocycles. The van der Waals surface area contributed by atoms with Crippen molar-refractivity contribution in [3.8, 4) is 0 Å². The Balaban J connectivity index is 1.90. The highest BCUT2D eigenvalue weighted by Crippen LogP contribution is 2.18. The number of hydrogen-bond acceptors (Lipinski definition) is 8. The average Bonchev–Trinajstić information content (AvgIpc) is 2.95. The molecule has 2 rings (SSSR count). The lowest BCUT2D eigenvalue weighted by Crippen LogP contribution is -2.36. The number of methoxy groups -OCH3 is 1. The molecule has 0 radical (unpaired) electrons. The first-order chi connectivity index (χ1) is 9.20. The summed E-state index contributed by atoms with van der Waals surface area (Å²) in [5, 5.41) is 3.90. The third-order valence-electron chi connectivity index (χ3n) is 2.93. The van der Waals surface area contributed by atoms with Crippen molar-refractivity contribution in [3.05, 3.63) is 5.89 Å². The Bertz CT molecular complexity index is 417. The van der Waals surface area contributed by atoms with E-state index in [-0.39, 0.29) is 12.4 Å². The molecule has 106 valence electrons. The zero-order chi connectivity index (χ0) is 13.7. The van der Waals surface area contributed by atoms with Crippen LogP contribution in [0.25, 0.3) is 0 Å². The number of rotatable bonds is 5. The van der Waals surface area contributed by atoms with Gasteiger partial charge in [-0.05, 0) is 11.6 Å². The van der Waals surface area contributed by atoms with Crippen LogP contribution in [0.3, 0.4) is 0 Å². The highest BCUT2D eigenvalue weighted by molar-refractivity contribution is 5.69. The summed E-state index contributed by atoms with van der Waals surface area (Å²) in [6.45, 7) is 2.77. The van der Waals surface area contributed by atoms with E-state index < -0.39 is 6.04 Å². The van der Waals surface area contributed by atoms with Crippen LogP contribution in [0.4, 0.5) is 5.95 Å². The predicted octanol–water partition coefficient (Wildman–Crippen LogP) is -0.141. The first-order valence-corrected chi connectivity index (χ1v) is 6.19. The van der Waals surface area contributed by atoms with Crippen LogP contribution in [0.2, 0.25) is 0 Å². The van der Waals surface area contributed by atoms with Gasteiger partial charge < -0.3 is 24.6 Å². The van der Waals surface area contributed by atoms with E-state index in [4.69, 9.17) is 15.0 Å². The number of ether oxygens (including phenoxy) is 2. The smallest absolute Gasteiger partial charge is 0.305 e. The minimum absolute atomic E-state index is 0.229. The van der Waals surface area contributed by atoms with Crippen LogP contribution in [-0.2, 0) is 14.3 Å². The minimum atomic E-state index is -0.457. The molecule has 0 amide bonds. The minimum Gasteiger partial charge on any atom is -0.469 e. The number of aromatic nitrogens is 2. The molecule has 0 aliphatic carbocycles. The number of esters is 1. The molecule has 1 aromatic rings. The van der Waals surface area contributed by atoms with Gasteiger partial charge in [-0.3, -0.25) is 4.79 Å². The summed E-state index contributed by atoms with van der Waals surface area (Å²) in [6, 6.07) is -0.457. The summed E-state index contributed by atoms with van der Waals surface area (Å²) < 4.78 is 14.9. The van der Waals surface area contributed by atoms with Crippen molar-refractivity contribution < 1.29 is 18.8 Å². The Kier molecular flexibility index (Phi) is 4.69. The number of carbonyl (C=O) groups excluding carboxylic acids is 1. The maximum atomic E-state index is 11.0. The molecular formula is C11H18N4O4. The molecule has 0 aromatic carbocycles. The fourth-order valence-electron chi connectivity index (χ4n) is 1.77. The van der Waals surface area contributed by atoms with Crippen LogP contribution >= 0.6 is 0 Å². The van der Waals surface area contributed by atoms with Crippen molar-refractivity contribution in [2.75, 3.05) is 38.3 Å². The van der Waals surface area contributed by atoms with Crippen LogP contribution < -0.4 is 10.6 Å². The van der Waals surface area contributed by atoms with E-state index in [2.05, 4.69) is 14.9 Å². The maximum Gasteiger partial charge on any atom is 0.305 e. The largest absolute Gasteiger partial charge is 0.469 e. The van der Waals surface area contributed by atoms with Gasteiger partial charge in [0.15, 0.2) is 0 Å². The molecule has 1 saturated heterocycles. The number of nitrogens with zero attached hydrogens (tertiary/aromatic N) is 3. The first-order valence-electron chi connectivity index (χ1n) is 6.19. The van der Waals surface area contributed by atoms with Gasteiger partial charge in [-0.2, -0.15) is 4.98 Å². The van der Waals surface area contributed by atoms with Gasteiger partial charge in [-0.1, -0.05) is 0 Å². The molecule has 1 aliphatic heterocycles. The highest BCUT2D eigenvalue weighted by atomic mass is 16.5. The molecule has 0 spiro atoms. The third-order valence-corrected chi connectivity index (χ3v) is 2.93. The van der Waals surface area contributed by atoms with Crippen LogP contribution in [-0.4, -0.2) is 49.5 Å². The quantitative estimate of drug-likeness (QED) is 0.737. The van der Waals surface area contributed by atoms with Gasteiger partial charge in [0, 0.05) is 19.5 Å². The molecular weight excluding hydrogens is 252 g/mol. The summed E-state index contributed by atoms with van der Waals surface area (Å²) in [7, 11) is 1.34. The lowest BCUT2D eigenvalue weighted by atomic mass is 10.2. The maximum absolute atomic E-state index is 11.0. The lowest BCUT2D eigenvalue weighted by Gasteiger charge is -2.24. The third kappa shape index (κ3) is 3.65. The Morgan fingerprint density at radius 2 is 2.26 bits per heavy atom. The van der Waals surface area contributed by atoms with Crippen LogP contribution in [0.1, 0.15) is 24.8 Å². The average molecular weight is 270 g/mol. The zero-order valence-electron chi connectivity index (χ0n) is 10.9. The Hall–Kier alpha value is -1.67. The van der Waals surface area contributed by atoms with E-state index in [1.54, 1.807) is 0 Å². The van der Waals surface area contributed by atoms with E-state index in [1.807, 2.05) is 4.90 Å². The molecule has 8 nitrogen and oxygen atoms in total. The normalized spacial score (nSPS) is 17.3. The number of nitrogens with two attached hydrogens (primary N) is 1. The first kappa shape index (κ1) is 13.8. The summed E-state index contributed by atoms with van der Waals surface area (Å²) in [6.07, 6.45) is 0.643. The van der Waals surface area contributed by atoms with Crippen molar-refractivity contribution in [2.45, 2.75) is 18.9 Å². The van der Waals surface area contributed by atoms with Crippen molar-refractivity contribution in [1.29, 1.82) is 0 Å². The van der Waals surface area contributed by atoms with Crippen molar-refractivity contribution in [3.63, 3.8) is 0 Å². The second kappa shape index (κ2) is 6.48. The van der Waals surface area contributed by atoms with Gasteiger partial charge in [-0.25, -0.2) is 0 Å². The van der Waals surface area contributed by atoms with Gasteiger partial charge in [0.05, 0.1) is 26.4 Å². The highest BCUT2D eigenvalue weighted by Gasteiger charge is 2.20. The summed E-state index contributed by atoms with van der Waals surface area (Å²) >= 11 is 0. The van der Waals surface area contributed by atoms with E-state index in [0.29, 0.717) is 31.5 Å². The van der Waals surface area contributed by atoms with Crippen molar-refractivity contribution >= 4 is 11.9 Å². The molecule has 0 bridgehead atoms. The molecule has 0 saturated carbocycles. The van der Waals surface area contributed by atoms with Crippen molar-refractivity contribution in [1.82, 2.24) is 10.1 Å². The summed E-state index contributed by atoms with van der Waals surface area (Å²) in [5.74, 6) is 0.556. The van der Waals surface area contributed by atoms with Gasteiger partial charge >= 0.3 is 5.97 Å². The number of anilines is 1. The van der Waals surface area contributed by atoms with E-state index in [1.165, 1.54) is 7.11 Å². The fraction of sp³-hybridized carbons (Fsp3) is 0.727. The van der Waals surface area contributed by atoms with Gasteiger partial charge in [0.25, 0.3) is 5.95 Å². The van der Waals surface area contributed by atoms with E-state index in [9.17, 15) is 4.79 Å². The SMILES string of the molecule is COC(=O)CC[C@@H](N)c1nc(N2CCOCC2)no1. The van der Waals surface area contributed by atoms with Crippen LogP contribution in [0, 0.1) is 0 Å². The molecule has 1 aliphatic rings. The zero-order valence-corrected chi connectivity index (χ0v) is 10.9. The van der Waals surface area contributed by atoms with Crippen LogP contribution in [0.5, 0.6) is 0 Å². The summed E-state index contributed by atoms with van der Waals surface area (Å²) in [4.78, 5) is 17.3. The fourth-order valence-corrected chi connectivity index (χ4v) is 1.77. The van der Waals surface area contributed by atoms with Gasteiger partial charge in [-0.15, -0.1) is 0 Å². The standard InChI is InChI=1S/C11H18N4O4/c1-17-9(16)3-2-8(12)10-13-11(14-19-10)15-4-6-18-7-5-15/h8H,2-7,12H2,1H3/t8-/m1/s1. The molecule has 0 unspecified atom stereocenters. The Labute approximate surface area is 110 Å². The second-order valence-electron chi connectivity index (χ2n) is 4.25. The van der Waals surface area contributed by atoms with Crippen molar-refractivity contribution in [2.24, 2.45) is 5.73 Å². The monoisotopic (exact) mass is 270 g/mol. The lowest BCUT2D eigenvalue weighted by molar-refractivity contribution is -0.140. The predicted molar refractivity (Wildman–Crippen MR) is 65.5 cm³/mol. The number of hydrogen-bond donors (Lipinski definition) is 1. The number of carbonyl (C=O) groups is 1. The number of morpholine rings is 1. The molecule has 1 aromatic heterocycles. The molecule has 19 heavy (non-hydrogen) atoms. The van der Waals surface area contributed by atoms with E-state index >= 15 is 0 Å². The van der Waals surface area contributed by atoms with Gasteiger partial charge in [0.1, 0.15) is 0 Å². The topological polar surface area (TPSA) is 104 Å². The molecule has 1 fully saturated rings. The summed E-state index contributed by atoms with van der Waals surface area (Å²) in [5.41, 5.74) is 5.89. The molecule has 8 heteroatoms. The Morgan fingerprint density at radius 1 is 1.53 bits per heavy atom. The van der Waals surface area contributed by atoms with Gasteiger partial charge in [0.2, 0.25) is 5.89 Å².